The van der Waals surface area contributed by atoms with Crippen LogP contribution in [-0.4, -0.2) is 23.0 Å². The first-order chi connectivity index (χ1) is 16.0. The lowest BCUT2D eigenvalue weighted by Gasteiger charge is -2.33. The second kappa shape index (κ2) is 9.98. The Labute approximate surface area is 192 Å². The monoisotopic (exact) mass is 449 g/mol. The van der Waals surface area contributed by atoms with Gasteiger partial charge in [-0.25, -0.2) is 4.39 Å². The quantitative estimate of drug-likeness (QED) is 0.556. The van der Waals surface area contributed by atoms with Crippen LogP contribution in [0.1, 0.15) is 65.5 Å². The third-order valence-electron chi connectivity index (χ3n) is 6.14. The summed E-state index contributed by atoms with van der Waals surface area (Å²) in [6, 6.07) is 13.8. The highest BCUT2D eigenvalue weighted by molar-refractivity contribution is 6.11. The molecule has 1 aliphatic carbocycles. The van der Waals surface area contributed by atoms with E-state index in [-0.39, 0.29) is 11.9 Å². The number of carbonyl (C=O) groups is 2. The number of aryl methyl sites for hydroxylation is 2. The normalized spacial score (nSPS) is 15.1. The fourth-order valence-corrected chi connectivity index (χ4v) is 4.47. The summed E-state index contributed by atoms with van der Waals surface area (Å²) in [5.74, 6) is -0.722. The van der Waals surface area contributed by atoms with Gasteiger partial charge in [-0.2, -0.15) is 0 Å². The van der Waals surface area contributed by atoms with Crippen molar-refractivity contribution in [3.8, 4) is 0 Å². The first-order valence-corrected chi connectivity index (χ1v) is 11.3. The van der Waals surface area contributed by atoms with E-state index in [0.717, 1.165) is 32.1 Å². The predicted molar refractivity (Wildman–Crippen MR) is 123 cm³/mol. The molecule has 2 amide bonds. The summed E-state index contributed by atoms with van der Waals surface area (Å²) in [5, 5.41) is 7.07. The van der Waals surface area contributed by atoms with E-state index in [1.807, 2.05) is 18.2 Å². The number of nitrogens with zero attached hydrogens (tertiary/aromatic N) is 2. The lowest BCUT2D eigenvalue weighted by molar-refractivity contribution is -0.123. The molecule has 0 radical (unpaired) electrons. The van der Waals surface area contributed by atoms with E-state index in [2.05, 4.69) is 10.5 Å². The van der Waals surface area contributed by atoms with Crippen LogP contribution >= 0.6 is 0 Å². The molecule has 6 nitrogen and oxygen atoms in total. The fraction of sp³-hybridized carbons (Fsp3) is 0.346. The SMILES string of the molecule is Cc1noc(C)c1C(=O)N(c1ccccc1)[C@H](C(=O)NC1CCCCC1)c1ccc(F)cc1. The zero-order valence-electron chi connectivity index (χ0n) is 18.9. The fourth-order valence-electron chi connectivity index (χ4n) is 4.47. The summed E-state index contributed by atoms with van der Waals surface area (Å²) in [5.41, 5.74) is 1.84. The molecule has 0 aliphatic heterocycles. The summed E-state index contributed by atoms with van der Waals surface area (Å²) in [6.45, 7) is 3.37. The number of hydrogen-bond acceptors (Lipinski definition) is 4. The van der Waals surface area contributed by atoms with Gasteiger partial charge in [0, 0.05) is 11.7 Å². The number of amides is 2. The molecule has 4 rings (SSSR count). The van der Waals surface area contributed by atoms with Crippen molar-refractivity contribution in [2.24, 2.45) is 0 Å². The third-order valence-corrected chi connectivity index (χ3v) is 6.14. The molecular formula is C26H28FN3O3. The maximum Gasteiger partial charge on any atom is 0.264 e. The van der Waals surface area contributed by atoms with Crippen molar-refractivity contribution in [3.05, 3.63) is 83.0 Å². The van der Waals surface area contributed by atoms with Gasteiger partial charge in [0.2, 0.25) is 5.91 Å². The molecule has 2 aromatic carbocycles. The molecular weight excluding hydrogens is 421 g/mol. The Morgan fingerprint density at radius 2 is 1.70 bits per heavy atom. The van der Waals surface area contributed by atoms with Gasteiger partial charge >= 0.3 is 0 Å². The van der Waals surface area contributed by atoms with Gasteiger partial charge < -0.3 is 9.84 Å². The highest BCUT2D eigenvalue weighted by Gasteiger charge is 2.36. The van der Waals surface area contributed by atoms with Crippen LogP contribution in [0.5, 0.6) is 0 Å². The van der Waals surface area contributed by atoms with Crippen molar-refractivity contribution in [2.45, 2.75) is 58.0 Å². The maximum absolute atomic E-state index is 13.9. The van der Waals surface area contributed by atoms with Crippen molar-refractivity contribution in [1.82, 2.24) is 10.5 Å². The van der Waals surface area contributed by atoms with Gasteiger partial charge in [0.1, 0.15) is 23.2 Å². The van der Waals surface area contributed by atoms with E-state index in [1.165, 1.54) is 17.0 Å². The number of nitrogens with one attached hydrogen (secondary N) is 1. The van der Waals surface area contributed by atoms with Gasteiger partial charge in [-0.15, -0.1) is 0 Å². The summed E-state index contributed by atoms with van der Waals surface area (Å²) < 4.78 is 19.0. The molecule has 33 heavy (non-hydrogen) atoms. The molecule has 0 bridgehead atoms. The average Bonchev–Trinajstić information content (AvgIpc) is 3.16. The van der Waals surface area contributed by atoms with Crippen molar-refractivity contribution in [3.63, 3.8) is 0 Å². The van der Waals surface area contributed by atoms with E-state index in [9.17, 15) is 14.0 Å². The molecule has 1 aliphatic rings. The van der Waals surface area contributed by atoms with E-state index >= 15 is 0 Å². The van der Waals surface area contributed by atoms with Gasteiger partial charge in [0.15, 0.2) is 0 Å². The van der Waals surface area contributed by atoms with Crippen LogP contribution in [0.15, 0.2) is 59.1 Å². The molecule has 1 fully saturated rings. The number of hydrogen-bond donors (Lipinski definition) is 1. The minimum absolute atomic E-state index is 0.0565. The third kappa shape index (κ3) is 4.97. The molecule has 0 unspecified atom stereocenters. The summed E-state index contributed by atoms with van der Waals surface area (Å²) in [4.78, 5) is 29.1. The maximum atomic E-state index is 13.9. The van der Waals surface area contributed by atoms with Gasteiger partial charge in [0.25, 0.3) is 5.91 Å². The minimum atomic E-state index is -0.990. The first kappa shape index (κ1) is 22.7. The smallest absolute Gasteiger partial charge is 0.264 e. The Bertz CT molecular complexity index is 1090. The van der Waals surface area contributed by atoms with Crippen LogP contribution in [0.3, 0.4) is 0 Å². The molecule has 3 aromatic rings. The van der Waals surface area contributed by atoms with Crippen molar-refractivity contribution >= 4 is 17.5 Å². The van der Waals surface area contributed by atoms with Crippen LogP contribution in [0, 0.1) is 19.7 Å². The standard InChI is InChI=1S/C26H28FN3O3/c1-17-23(18(2)33-29-17)26(32)30(22-11-7-4-8-12-22)24(19-13-15-20(27)16-14-19)25(31)28-21-9-5-3-6-10-21/h4,7-8,11-16,21,24H,3,5-6,9-10H2,1-2H3,(H,28,31)/t24-/m0/s1. The van der Waals surface area contributed by atoms with Crippen LogP contribution in [0.2, 0.25) is 0 Å². The lowest BCUT2D eigenvalue weighted by Crippen LogP contribution is -2.47. The molecule has 172 valence electrons. The van der Waals surface area contributed by atoms with Crippen LogP contribution in [-0.2, 0) is 4.79 Å². The number of halogens is 1. The number of carbonyl (C=O) groups excluding carboxylic acids is 2. The molecule has 7 heteroatoms. The molecule has 1 saturated carbocycles. The first-order valence-electron chi connectivity index (χ1n) is 11.3. The second-order valence-corrected chi connectivity index (χ2v) is 8.51. The van der Waals surface area contributed by atoms with Gasteiger partial charge in [-0.1, -0.05) is 54.8 Å². The number of anilines is 1. The summed E-state index contributed by atoms with van der Waals surface area (Å²) >= 11 is 0. The van der Waals surface area contributed by atoms with Crippen LogP contribution in [0.4, 0.5) is 10.1 Å². The number of rotatable bonds is 6. The highest BCUT2D eigenvalue weighted by atomic mass is 19.1. The Kier molecular flexibility index (Phi) is 6.87. The topological polar surface area (TPSA) is 75.4 Å². The van der Waals surface area contributed by atoms with E-state index < -0.39 is 17.8 Å². The van der Waals surface area contributed by atoms with Gasteiger partial charge in [-0.3, -0.25) is 14.5 Å². The zero-order valence-corrected chi connectivity index (χ0v) is 18.9. The second-order valence-electron chi connectivity index (χ2n) is 8.51. The van der Waals surface area contributed by atoms with Crippen molar-refractivity contribution in [2.75, 3.05) is 4.90 Å². The Hall–Kier alpha value is -3.48. The molecule has 0 spiro atoms. The van der Waals surface area contributed by atoms with Crippen molar-refractivity contribution in [1.29, 1.82) is 0 Å². The Morgan fingerprint density at radius 1 is 1.03 bits per heavy atom. The Balaban J connectivity index is 1.81. The van der Waals surface area contributed by atoms with E-state index in [0.29, 0.717) is 28.3 Å². The number of aromatic nitrogens is 1. The van der Waals surface area contributed by atoms with E-state index in [4.69, 9.17) is 4.52 Å². The molecule has 1 heterocycles. The summed E-state index contributed by atoms with van der Waals surface area (Å²) in [6.07, 6.45) is 5.10. The van der Waals surface area contributed by atoms with Gasteiger partial charge in [0.05, 0.1) is 5.69 Å². The summed E-state index contributed by atoms with van der Waals surface area (Å²) in [7, 11) is 0. The Morgan fingerprint density at radius 3 is 2.30 bits per heavy atom. The largest absolute Gasteiger partial charge is 0.361 e. The predicted octanol–water partition coefficient (Wildman–Crippen LogP) is 5.27. The molecule has 1 N–H and O–H groups in total. The lowest BCUT2D eigenvalue weighted by atomic mass is 9.94. The molecule has 0 saturated heterocycles. The number of benzene rings is 2. The van der Waals surface area contributed by atoms with Gasteiger partial charge in [-0.05, 0) is 56.5 Å². The molecule has 1 atom stereocenters. The molecule has 1 aromatic heterocycles. The minimum Gasteiger partial charge on any atom is -0.361 e. The van der Waals surface area contributed by atoms with E-state index in [1.54, 1.807) is 38.1 Å². The van der Waals surface area contributed by atoms with Crippen molar-refractivity contribution < 1.29 is 18.5 Å². The zero-order chi connectivity index (χ0) is 23.4. The highest BCUT2D eigenvalue weighted by Crippen LogP contribution is 2.32. The van der Waals surface area contributed by atoms with Crippen LogP contribution < -0.4 is 10.2 Å². The average molecular weight is 450 g/mol. The number of para-hydroxylation sites is 1. The van der Waals surface area contributed by atoms with Crippen LogP contribution in [0.25, 0.3) is 0 Å².